The van der Waals surface area contributed by atoms with Gasteiger partial charge in [0.15, 0.2) is 0 Å². The van der Waals surface area contributed by atoms with Crippen molar-refractivity contribution in [1.29, 1.82) is 0 Å². The second kappa shape index (κ2) is 3.24. The number of H-pyrrole nitrogens is 2. The first-order valence-corrected chi connectivity index (χ1v) is 4.87. The first-order valence-electron chi connectivity index (χ1n) is 4.87. The fourth-order valence-electron chi connectivity index (χ4n) is 1.69. The van der Waals surface area contributed by atoms with Crippen LogP contribution in [-0.2, 0) is 6.42 Å². The standard InChI is InChI=1S/C11H14N2O2/c1-11(2,15)6-7-3-4-8-9(5-7)13-10(14)12-8/h3-5,15H,6H2,1-2H3,(H2,12,13,14). The maximum Gasteiger partial charge on any atom is 0.323 e. The highest BCUT2D eigenvalue weighted by Gasteiger charge is 2.13. The average molecular weight is 206 g/mol. The summed E-state index contributed by atoms with van der Waals surface area (Å²) in [5.74, 6) is 0. The van der Waals surface area contributed by atoms with E-state index >= 15 is 0 Å². The van der Waals surface area contributed by atoms with Gasteiger partial charge in [-0.25, -0.2) is 4.79 Å². The summed E-state index contributed by atoms with van der Waals surface area (Å²) in [5, 5.41) is 9.67. The summed E-state index contributed by atoms with van der Waals surface area (Å²) in [5.41, 5.74) is 1.64. The van der Waals surface area contributed by atoms with Crippen LogP contribution in [0.15, 0.2) is 23.0 Å². The fraction of sp³-hybridized carbons (Fsp3) is 0.364. The van der Waals surface area contributed by atoms with E-state index in [1.54, 1.807) is 13.8 Å². The van der Waals surface area contributed by atoms with Crippen LogP contribution >= 0.6 is 0 Å². The number of aliphatic hydroxyl groups is 1. The van der Waals surface area contributed by atoms with Gasteiger partial charge in [-0.2, -0.15) is 0 Å². The van der Waals surface area contributed by atoms with Crippen LogP contribution in [0.2, 0.25) is 0 Å². The largest absolute Gasteiger partial charge is 0.390 e. The number of benzene rings is 1. The Hall–Kier alpha value is -1.55. The molecule has 0 radical (unpaired) electrons. The Morgan fingerprint density at radius 3 is 2.60 bits per heavy atom. The van der Waals surface area contributed by atoms with Gasteiger partial charge in [0.25, 0.3) is 0 Å². The van der Waals surface area contributed by atoms with Gasteiger partial charge >= 0.3 is 5.69 Å². The molecule has 1 heterocycles. The monoisotopic (exact) mass is 206 g/mol. The Kier molecular flexibility index (Phi) is 2.16. The van der Waals surface area contributed by atoms with Crippen LogP contribution in [0.4, 0.5) is 0 Å². The fourth-order valence-corrected chi connectivity index (χ4v) is 1.69. The van der Waals surface area contributed by atoms with Crippen LogP contribution in [0.3, 0.4) is 0 Å². The minimum atomic E-state index is -0.732. The molecule has 0 unspecified atom stereocenters. The van der Waals surface area contributed by atoms with E-state index < -0.39 is 5.60 Å². The Labute approximate surface area is 87.0 Å². The molecule has 0 spiro atoms. The lowest BCUT2D eigenvalue weighted by atomic mass is 9.98. The van der Waals surface area contributed by atoms with Gasteiger partial charge in [0, 0.05) is 6.42 Å². The highest BCUT2D eigenvalue weighted by Crippen LogP contribution is 2.15. The highest BCUT2D eigenvalue weighted by atomic mass is 16.3. The molecule has 1 aromatic carbocycles. The molecule has 0 fully saturated rings. The van der Waals surface area contributed by atoms with Crippen molar-refractivity contribution >= 4 is 11.0 Å². The van der Waals surface area contributed by atoms with E-state index in [9.17, 15) is 9.90 Å². The quantitative estimate of drug-likeness (QED) is 0.690. The molecule has 15 heavy (non-hydrogen) atoms. The van der Waals surface area contributed by atoms with Crippen molar-refractivity contribution in [3.8, 4) is 0 Å². The van der Waals surface area contributed by atoms with Gasteiger partial charge in [0.05, 0.1) is 16.6 Å². The van der Waals surface area contributed by atoms with E-state index in [1.807, 2.05) is 18.2 Å². The number of imidazole rings is 1. The van der Waals surface area contributed by atoms with Gasteiger partial charge in [-0.15, -0.1) is 0 Å². The zero-order valence-electron chi connectivity index (χ0n) is 8.79. The molecule has 80 valence electrons. The number of rotatable bonds is 2. The lowest BCUT2D eigenvalue weighted by Crippen LogP contribution is -2.21. The number of aromatic amines is 2. The molecular weight excluding hydrogens is 192 g/mol. The lowest BCUT2D eigenvalue weighted by Gasteiger charge is -2.16. The predicted octanol–water partition coefficient (Wildman–Crippen LogP) is 1.17. The van der Waals surface area contributed by atoms with Crippen LogP contribution < -0.4 is 5.69 Å². The Bertz CT molecular complexity index is 531. The normalized spacial score (nSPS) is 12.2. The maximum absolute atomic E-state index is 11.0. The summed E-state index contributed by atoms with van der Waals surface area (Å²) in [6.07, 6.45) is 0.566. The third-order valence-corrected chi connectivity index (χ3v) is 2.22. The van der Waals surface area contributed by atoms with Crippen molar-refractivity contribution in [2.24, 2.45) is 0 Å². The summed E-state index contributed by atoms with van der Waals surface area (Å²) in [6.45, 7) is 3.52. The molecule has 0 aliphatic heterocycles. The second-order valence-electron chi connectivity index (χ2n) is 4.45. The summed E-state index contributed by atoms with van der Waals surface area (Å²) in [7, 11) is 0. The van der Waals surface area contributed by atoms with Crippen LogP contribution in [0.25, 0.3) is 11.0 Å². The summed E-state index contributed by atoms with van der Waals surface area (Å²) < 4.78 is 0. The van der Waals surface area contributed by atoms with Gasteiger partial charge in [-0.05, 0) is 31.5 Å². The van der Waals surface area contributed by atoms with Crippen LogP contribution in [-0.4, -0.2) is 20.7 Å². The van der Waals surface area contributed by atoms with Crippen molar-refractivity contribution in [1.82, 2.24) is 9.97 Å². The molecule has 2 aromatic rings. The number of aromatic nitrogens is 2. The zero-order chi connectivity index (χ0) is 11.1. The zero-order valence-corrected chi connectivity index (χ0v) is 8.79. The third kappa shape index (κ3) is 2.27. The van der Waals surface area contributed by atoms with Crippen molar-refractivity contribution in [2.45, 2.75) is 25.9 Å². The minimum absolute atomic E-state index is 0.203. The van der Waals surface area contributed by atoms with Gasteiger partial charge in [0.1, 0.15) is 0 Å². The number of fused-ring (bicyclic) bond motifs is 1. The van der Waals surface area contributed by atoms with Crippen LogP contribution in [0.1, 0.15) is 19.4 Å². The molecule has 0 atom stereocenters. The van der Waals surface area contributed by atoms with E-state index in [4.69, 9.17) is 0 Å². The van der Waals surface area contributed by atoms with Gasteiger partial charge in [-0.3, -0.25) is 0 Å². The van der Waals surface area contributed by atoms with Crippen molar-refractivity contribution < 1.29 is 5.11 Å². The molecule has 0 aliphatic rings. The molecule has 4 heteroatoms. The Morgan fingerprint density at radius 1 is 1.27 bits per heavy atom. The SMILES string of the molecule is CC(C)(O)Cc1ccc2[nH]c(=O)[nH]c2c1. The predicted molar refractivity (Wildman–Crippen MR) is 58.9 cm³/mol. The lowest BCUT2D eigenvalue weighted by molar-refractivity contribution is 0.0810. The van der Waals surface area contributed by atoms with E-state index in [2.05, 4.69) is 9.97 Å². The number of nitrogens with one attached hydrogen (secondary N) is 2. The molecule has 0 saturated heterocycles. The first-order chi connectivity index (χ1) is 6.94. The number of hydrogen-bond donors (Lipinski definition) is 3. The number of hydrogen-bond acceptors (Lipinski definition) is 2. The smallest absolute Gasteiger partial charge is 0.323 e. The Morgan fingerprint density at radius 2 is 1.93 bits per heavy atom. The molecular formula is C11H14N2O2. The van der Waals surface area contributed by atoms with Crippen molar-refractivity contribution in [3.05, 3.63) is 34.2 Å². The maximum atomic E-state index is 11.0. The molecule has 4 nitrogen and oxygen atoms in total. The topological polar surface area (TPSA) is 68.9 Å². The van der Waals surface area contributed by atoms with E-state index in [1.165, 1.54) is 0 Å². The summed E-state index contributed by atoms with van der Waals surface area (Å²) in [6, 6.07) is 5.63. The molecule has 3 N–H and O–H groups in total. The van der Waals surface area contributed by atoms with Crippen molar-refractivity contribution in [3.63, 3.8) is 0 Å². The van der Waals surface area contributed by atoms with Gasteiger partial charge in [0.2, 0.25) is 0 Å². The average Bonchev–Trinajstić information content (AvgIpc) is 2.40. The minimum Gasteiger partial charge on any atom is -0.390 e. The van der Waals surface area contributed by atoms with Crippen LogP contribution in [0.5, 0.6) is 0 Å². The molecule has 1 aromatic heterocycles. The molecule has 0 aliphatic carbocycles. The summed E-state index contributed by atoms with van der Waals surface area (Å²) >= 11 is 0. The van der Waals surface area contributed by atoms with Crippen molar-refractivity contribution in [2.75, 3.05) is 0 Å². The van der Waals surface area contributed by atoms with E-state index in [0.717, 1.165) is 16.6 Å². The van der Waals surface area contributed by atoms with E-state index in [0.29, 0.717) is 6.42 Å². The summed E-state index contributed by atoms with van der Waals surface area (Å²) in [4.78, 5) is 16.4. The first kappa shape index (κ1) is 9.98. The third-order valence-electron chi connectivity index (χ3n) is 2.22. The van der Waals surface area contributed by atoms with Crippen LogP contribution in [0, 0.1) is 0 Å². The molecule has 0 bridgehead atoms. The molecule has 2 rings (SSSR count). The van der Waals surface area contributed by atoms with Gasteiger partial charge < -0.3 is 15.1 Å². The highest BCUT2D eigenvalue weighted by molar-refractivity contribution is 5.75. The second-order valence-corrected chi connectivity index (χ2v) is 4.45. The van der Waals surface area contributed by atoms with E-state index in [-0.39, 0.29) is 5.69 Å². The van der Waals surface area contributed by atoms with Gasteiger partial charge in [-0.1, -0.05) is 6.07 Å². The molecule has 0 amide bonds. The Balaban J connectivity index is 2.42. The molecule has 0 saturated carbocycles.